The number of carbonyl (C=O) groups is 2. The Bertz CT molecular complexity index is 716. The lowest BCUT2D eigenvalue weighted by atomic mass is 9.75. The largest absolute Gasteiger partial charge is 0.361 e. The molecular weight excluding hydrogens is 344 g/mol. The summed E-state index contributed by atoms with van der Waals surface area (Å²) < 4.78 is 5.16. The van der Waals surface area contributed by atoms with Crippen LogP contribution in [0.15, 0.2) is 4.52 Å². The van der Waals surface area contributed by atoms with Gasteiger partial charge in [-0.3, -0.25) is 9.59 Å². The number of amides is 2. The van der Waals surface area contributed by atoms with E-state index in [1.54, 1.807) is 13.8 Å². The molecule has 3 aliphatic rings. The van der Waals surface area contributed by atoms with Gasteiger partial charge in [0.25, 0.3) is 5.91 Å². The summed E-state index contributed by atoms with van der Waals surface area (Å²) in [6.45, 7) is 10.1. The number of nitrogens with zero attached hydrogens (tertiary/aromatic N) is 3. The molecule has 1 aromatic heterocycles. The molecule has 1 N–H and O–H groups in total. The SMILES string of the molecule is CCCCN1C[C@H]2C(=O)NC3(CCN(C(=O)c4c(C)noc4C)CC3)[C@H]2C1. The Kier molecular flexibility index (Phi) is 4.74. The van der Waals surface area contributed by atoms with Crippen LogP contribution in [0.2, 0.25) is 0 Å². The standard InChI is InChI=1S/C20H30N4O3/c1-4-5-8-23-11-15-16(12-23)20(21-18(15)25)6-9-24(10-7-20)19(26)17-13(2)22-27-14(17)3/h15-16H,4-12H2,1-3H3,(H,21,25)/t15-,16+/m1/s1. The normalized spacial score (nSPS) is 27.2. The minimum absolute atomic E-state index is 0.00188. The van der Waals surface area contributed by atoms with Gasteiger partial charge in [-0.1, -0.05) is 18.5 Å². The first-order valence-electron chi connectivity index (χ1n) is 10.2. The molecule has 0 unspecified atom stereocenters. The lowest BCUT2D eigenvalue weighted by Crippen LogP contribution is -2.56. The van der Waals surface area contributed by atoms with Crippen molar-refractivity contribution in [3.63, 3.8) is 0 Å². The Morgan fingerprint density at radius 2 is 2.04 bits per heavy atom. The van der Waals surface area contributed by atoms with Crippen LogP contribution in [-0.4, -0.2) is 65.0 Å². The number of piperidine rings is 1. The van der Waals surface area contributed by atoms with E-state index in [1.807, 2.05) is 4.90 Å². The van der Waals surface area contributed by atoms with Crippen LogP contribution in [0.1, 0.15) is 54.4 Å². The average Bonchev–Trinajstić information content (AvgIpc) is 3.29. The van der Waals surface area contributed by atoms with Gasteiger partial charge in [0.1, 0.15) is 11.3 Å². The van der Waals surface area contributed by atoms with Crippen LogP contribution < -0.4 is 5.32 Å². The second-order valence-electron chi connectivity index (χ2n) is 8.46. The molecule has 27 heavy (non-hydrogen) atoms. The van der Waals surface area contributed by atoms with E-state index in [4.69, 9.17) is 4.52 Å². The van der Waals surface area contributed by atoms with Gasteiger partial charge in [-0.2, -0.15) is 0 Å². The predicted molar refractivity (Wildman–Crippen MR) is 100 cm³/mol. The van der Waals surface area contributed by atoms with Gasteiger partial charge in [0.15, 0.2) is 0 Å². The van der Waals surface area contributed by atoms with Crippen LogP contribution in [-0.2, 0) is 4.79 Å². The molecular formula is C20H30N4O3. The average molecular weight is 374 g/mol. The molecule has 0 saturated carbocycles. The van der Waals surface area contributed by atoms with Crippen LogP contribution in [0, 0.1) is 25.7 Å². The lowest BCUT2D eigenvalue weighted by molar-refractivity contribution is -0.123. The van der Waals surface area contributed by atoms with Crippen molar-refractivity contribution in [1.29, 1.82) is 0 Å². The fraction of sp³-hybridized carbons (Fsp3) is 0.750. The molecule has 0 radical (unpaired) electrons. The number of carbonyl (C=O) groups excluding carboxylic acids is 2. The Hall–Kier alpha value is -1.89. The second-order valence-corrected chi connectivity index (χ2v) is 8.46. The van der Waals surface area contributed by atoms with Gasteiger partial charge in [0.2, 0.25) is 5.91 Å². The summed E-state index contributed by atoms with van der Waals surface area (Å²) in [6.07, 6.45) is 4.03. The molecule has 7 heteroatoms. The molecule has 3 fully saturated rings. The molecule has 1 aromatic rings. The second kappa shape index (κ2) is 6.93. The Balaban J connectivity index is 1.44. The third-order valence-electron chi connectivity index (χ3n) is 6.83. The van der Waals surface area contributed by atoms with E-state index in [2.05, 4.69) is 22.3 Å². The molecule has 0 aliphatic carbocycles. The van der Waals surface area contributed by atoms with E-state index in [0.717, 1.165) is 32.5 Å². The quantitative estimate of drug-likeness (QED) is 0.869. The Morgan fingerprint density at radius 3 is 2.67 bits per heavy atom. The van der Waals surface area contributed by atoms with Crippen molar-refractivity contribution in [2.75, 3.05) is 32.7 Å². The number of aromatic nitrogens is 1. The zero-order valence-electron chi connectivity index (χ0n) is 16.6. The molecule has 4 rings (SSSR count). The summed E-state index contributed by atoms with van der Waals surface area (Å²) >= 11 is 0. The fourth-order valence-corrected chi connectivity index (χ4v) is 5.26. The van der Waals surface area contributed by atoms with Gasteiger partial charge in [-0.15, -0.1) is 0 Å². The van der Waals surface area contributed by atoms with Crippen molar-refractivity contribution >= 4 is 11.8 Å². The summed E-state index contributed by atoms with van der Waals surface area (Å²) in [4.78, 5) is 29.8. The predicted octanol–water partition coefficient (Wildman–Crippen LogP) is 1.74. The van der Waals surface area contributed by atoms with Crippen molar-refractivity contribution in [3.8, 4) is 0 Å². The maximum atomic E-state index is 12.9. The molecule has 1 spiro atoms. The number of hydrogen-bond donors (Lipinski definition) is 1. The maximum absolute atomic E-state index is 12.9. The van der Waals surface area contributed by atoms with Crippen molar-refractivity contribution in [2.45, 2.75) is 52.0 Å². The van der Waals surface area contributed by atoms with E-state index >= 15 is 0 Å². The van der Waals surface area contributed by atoms with Gasteiger partial charge in [-0.05, 0) is 39.7 Å². The van der Waals surface area contributed by atoms with Gasteiger partial charge in [-0.25, -0.2) is 0 Å². The maximum Gasteiger partial charge on any atom is 0.259 e. The van der Waals surface area contributed by atoms with Gasteiger partial charge in [0, 0.05) is 37.6 Å². The van der Waals surface area contributed by atoms with Crippen molar-refractivity contribution in [1.82, 2.24) is 20.3 Å². The molecule has 3 saturated heterocycles. The van der Waals surface area contributed by atoms with E-state index in [9.17, 15) is 9.59 Å². The first-order chi connectivity index (χ1) is 12.9. The molecule has 148 valence electrons. The van der Waals surface area contributed by atoms with Gasteiger partial charge < -0.3 is 19.6 Å². The lowest BCUT2D eigenvalue weighted by Gasteiger charge is -2.42. The first-order valence-corrected chi connectivity index (χ1v) is 10.2. The molecule has 3 aliphatic heterocycles. The summed E-state index contributed by atoms with van der Waals surface area (Å²) in [5.41, 5.74) is 1.10. The minimum atomic E-state index is -0.141. The highest BCUT2D eigenvalue weighted by Crippen LogP contribution is 2.44. The molecule has 2 atom stereocenters. The Morgan fingerprint density at radius 1 is 1.30 bits per heavy atom. The number of rotatable bonds is 4. The zero-order chi connectivity index (χ0) is 19.2. The van der Waals surface area contributed by atoms with E-state index in [-0.39, 0.29) is 23.3 Å². The molecule has 4 heterocycles. The van der Waals surface area contributed by atoms with Gasteiger partial charge in [0.05, 0.1) is 11.6 Å². The summed E-state index contributed by atoms with van der Waals surface area (Å²) in [6, 6.07) is 0. The van der Waals surface area contributed by atoms with Crippen LogP contribution in [0.3, 0.4) is 0 Å². The molecule has 0 bridgehead atoms. The van der Waals surface area contributed by atoms with E-state index in [1.165, 1.54) is 12.8 Å². The first kappa shape index (κ1) is 18.5. The van der Waals surface area contributed by atoms with Gasteiger partial charge >= 0.3 is 0 Å². The number of hydrogen-bond acceptors (Lipinski definition) is 5. The van der Waals surface area contributed by atoms with Crippen molar-refractivity contribution in [3.05, 3.63) is 17.0 Å². The number of fused-ring (bicyclic) bond motifs is 2. The number of nitrogens with one attached hydrogen (secondary N) is 1. The van der Waals surface area contributed by atoms with Crippen LogP contribution in [0.4, 0.5) is 0 Å². The summed E-state index contributed by atoms with van der Waals surface area (Å²) in [7, 11) is 0. The van der Waals surface area contributed by atoms with Crippen LogP contribution >= 0.6 is 0 Å². The highest BCUT2D eigenvalue weighted by molar-refractivity contribution is 5.96. The van der Waals surface area contributed by atoms with Crippen molar-refractivity contribution < 1.29 is 14.1 Å². The summed E-state index contributed by atoms with van der Waals surface area (Å²) in [5.74, 6) is 1.28. The zero-order valence-corrected chi connectivity index (χ0v) is 16.6. The fourth-order valence-electron chi connectivity index (χ4n) is 5.26. The van der Waals surface area contributed by atoms with Crippen LogP contribution in [0.25, 0.3) is 0 Å². The third-order valence-corrected chi connectivity index (χ3v) is 6.83. The van der Waals surface area contributed by atoms with E-state index in [0.29, 0.717) is 36.0 Å². The Labute approximate surface area is 160 Å². The highest BCUT2D eigenvalue weighted by atomic mass is 16.5. The number of aryl methyl sites for hydroxylation is 2. The third kappa shape index (κ3) is 3.06. The topological polar surface area (TPSA) is 78.7 Å². The van der Waals surface area contributed by atoms with E-state index < -0.39 is 0 Å². The molecule has 7 nitrogen and oxygen atoms in total. The minimum Gasteiger partial charge on any atom is -0.361 e. The smallest absolute Gasteiger partial charge is 0.259 e. The number of likely N-dealkylation sites (tertiary alicyclic amines) is 2. The summed E-state index contributed by atoms with van der Waals surface area (Å²) in [5, 5.41) is 7.23. The highest BCUT2D eigenvalue weighted by Gasteiger charge is 2.57. The number of unbranched alkanes of at least 4 members (excludes halogenated alkanes) is 1. The molecule has 0 aromatic carbocycles. The monoisotopic (exact) mass is 374 g/mol. The molecule has 2 amide bonds. The van der Waals surface area contributed by atoms with Crippen LogP contribution in [0.5, 0.6) is 0 Å². The van der Waals surface area contributed by atoms with Crippen molar-refractivity contribution in [2.24, 2.45) is 11.8 Å².